The summed E-state index contributed by atoms with van der Waals surface area (Å²) in [5.41, 5.74) is 2.10. The van der Waals surface area contributed by atoms with Crippen molar-refractivity contribution >= 4 is 17.5 Å². The number of fused-ring (bicyclic) bond motifs is 1. The van der Waals surface area contributed by atoms with Gasteiger partial charge in [-0.1, -0.05) is 6.92 Å². The van der Waals surface area contributed by atoms with Gasteiger partial charge < -0.3 is 29.7 Å². The van der Waals surface area contributed by atoms with Crippen LogP contribution < -0.4 is 10.1 Å². The number of aliphatic hydroxyl groups is 1. The first kappa shape index (κ1) is 35.4. The van der Waals surface area contributed by atoms with Crippen LogP contribution in [0.25, 0.3) is 0 Å². The minimum Gasteiger partial charge on any atom is -0.490 e. The largest absolute Gasteiger partial charge is 0.490 e. The van der Waals surface area contributed by atoms with E-state index in [1.807, 2.05) is 45.0 Å². The fraction of sp³-hybridized carbons (Fsp3) is 0.618. The fourth-order valence-corrected chi connectivity index (χ4v) is 5.41. The lowest BCUT2D eigenvalue weighted by molar-refractivity contribution is -0.116. The maximum Gasteiger partial charge on any atom is 0.258 e. The summed E-state index contributed by atoms with van der Waals surface area (Å²) < 4.78 is 12.8. The normalized spacial score (nSPS) is 21.0. The summed E-state index contributed by atoms with van der Waals surface area (Å²) in [6.45, 7) is 9.07. The fourth-order valence-electron chi connectivity index (χ4n) is 5.41. The average molecular weight is 612 g/mol. The minimum absolute atomic E-state index is 0.0151. The molecule has 0 unspecified atom stereocenters. The molecule has 2 N–H and O–H groups in total. The lowest BCUT2D eigenvalue weighted by atomic mass is 10.0. The van der Waals surface area contributed by atoms with Crippen molar-refractivity contribution in [2.75, 3.05) is 59.3 Å². The maximum absolute atomic E-state index is 14.3. The van der Waals surface area contributed by atoms with Crippen LogP contribution in [0.1, 0.15) is 68.8 Å². The Labute approximate surface area is 263 Å². The Balaban J connectivity index is 1.87. The summed E-state index contributed by atoms with van der Waals surface area (Å²) >= 11 is 0. The van der Waals surface area contributed by atoms with E-state index >= 15 is 0 Å². The van der Waals surface area contributed by atoms with Gasteiger partial charge in [-0.05, 0) is 103 Å². The van der Waals surface area contributed by atoms with Gasteiger partial charge >= 0.3 is 0 Å². The Bertz CT molecular complexity index is 1160. The zero-order valence-corrected chi connectivity index (χ0v) is 27.5. The molecule has 0 spiro atoms. The van der Waals surface area contributed by atoms with Gasteiger partial charge in [0.2, 0.25) is 5.91 Å². The highest BCUT2D eigenvalue weighted by atomic mass is 16.5. The third-order valence-corrected chi connectivity index (χ3v) is 8.04. The first-order valence-corrected chi connectivity index (χ1v) is 15.9. The number of likely N-dealkylation sites (N-methyl/N-ethyl adjacent to an activating group) is 1. The molecule has 1 aliphatic heterocycles. The van der Waals surface area contributed by atoms with Gasteiger partial charge in [0.1, 0.15) is 5.75 Å². The van der Waals surface area contributed by atoms with Crippen LogP contribution in [0.2, 0.25) is 0 Å². The highest BCUT2D eigenvalue weighted by Crippen LogP contribution is 2.28. The Hall–Kier alpha value is -3.05. The number of carbonyl (C=O) groups is 2. The summed E-state index contributed by atoms with van der Waals surface area (Å²) in [7, 11) is 6.04. The van der Waals surface area contributed by atoms with Gasteiger partial charge in [-0.2, -0.15) is 0 Å². The standard InChI is InChI=1S/C34H53N5O5/c1-25-21-39(26(2)24-40)34(42)30-20-29(36-33(41)11-9-18-37(4)5)12-13-31(30)44-27(3)10-7-8-19-43-32(25)23-38(6)22-28-14-16-35-17-15-28/h12-17,20,25-27,32,40H,7-11,18-19,21-24H2,1-6H3,(H,36,41)/t25-,26-,27-,32+/m1/s1. The molecule has 2 amide bonds. The molecule has 0 saturated carbocycles. The van der Waals surface area contributed by atoms with Crippen molar-refractivity contribution in [3.63, 3.8) is 0 Å². The minimum atomic E-state index is -0.428. The summed E-state index contributed by atoms with van der Waals surface area (Å²) in [6.07, 6.45) is 7.16. The first-order chi connectivity index (χ1) is 21.1. The molecular formula is C34H53N5O5. The maximum atomic E-state index is 14.3. The van der Waals surface area contributed by atoms with Gasteiger partial charge in [-0.15, -0.1) is 0 Å². The lowest BCUT2D eigenvalue weighted by Crippen LogP contribution is -2.47. The molecule has 0 fully saturated rings. The third-order valence-electron chi connectivity index (χ3n) is 8.04. The Kier molecular flexibility index (Phi) is 14.5. The van der Waals surface area contributed by atoms with Crippen molar-refractivity contribution in [2.45, 2.75) is 77.7 Å². The number of ether oxygens (including phenoxy) is 2. The van der Waals surface area contributed by atoms with E-state index in [1.54, 1.807) is 35.5 Å². The van der Waals surface area contributed by atoms with E-state index < -0.39 is 6.04 Å². The molecule has 10 heteroatoms. The van der Waals surface area contributed by atoms with Crippen molar-refractivity contribution in [2.24, 2.45) is 5.92 Å². The van der Waals surface area contributed by atoms with E-state index in [9.17, 15) is 14.7 Å². The molecule has 2 heterocycles. The van der Waals surface area contributed by atoms with Crippen LogP contribution in [-0.4, -0.2) is 109 Å². The van der Waals surface area contributed by atoms with Crippen LogP contribution >= 0.6 is 0 Å². The van der Waals surface area contributed by atoms with E-state index in [-0.39, 0.29) is 36.5 Å². The zero-order valence-electron chi connectivity index (χ0n) is 27.5. The summed E-state index contributed by atoms with van der Waals surface area (Å²) in [4.78, 5) is 37.1. The SMILES string of the molecule is C[C@@H]1CCCCO[C@@H](CN(C)Cc2ccncc2)[C@H](C)CN([C@H](C)CO)C(=O)c2cc(NC(=O)CCCN(C)C)ccc2O1. The summed E-state index contributed by atoms with van der Waals surface area (Å²) in [6, 6.07) is 8.87. The van der Waals surface area contributed by atoms with Gasteiger partial charge in [0.15, 0.2) is 0 Å². The van der Waals surface area contributed by atoms with E-state index in [0.717, 1.165) is 38.8 Å². The third kappa shape index (κ3) is 11.5. The van der Waals surface area contributed by atoms with Gasteiger partial charge in [-0.25, -0.2) is 0 Å². The molecule has 10 nitrogen and oxygen atoms in total. The molecule has 0 aliphatic carbocycles. The van der Waals surface area contributed by atoms with E-state index in [2.05, 4.69) is 29.2 Å². The topological polar surface area (TPSA) is 107 Å². The number of pyridine rings is 1. The Morgan fingerprint density at radius 3 is 2.61 bits per heavy atom. The average Bonchev–Trinajstić information content (AvgIpc) is 2.98. The van der Waals surface area contributed by atoms with Crippen LogP contribution in [0.15, 0.2) is 42.7 Å². The molecule has 1 aromatic carbocycles. The predicted octanol–water partition coefficient (Wildman–Crippen LogP) is 4.29. The van der Waals surface area contributed by atoms with Crippen LogP contribution in [0, 0.1) is 5.92 Å². The second-order valence-electron chi connectivity index (χ2n) is 12.5. The highest BCUT2D eigenvalue weighted by Gasteiger charge is 2.30. The number of anilines is 1. The number of hydrogen-bond acceptors (Lipinski definition) is 8. The monoisotopic (exact) mass is 611 g/mol. The van der Waals surface area contributed by atoms with Crippen molar-refractivity contribution in [1.82, 2.24) is 19.7 Å². The molecule has 4 atom stereocenters. The number of benzene rings is 1. The number of nitrogens with zero attached hydrogens (tertiary/aromatic N) is 4. The van der Waals surface area contributed by atoms with E-state index in [4.69, 9.17) is 9.47 Å². The zero-order chi connectivity index (χ0) is 32.1. The molecule has 0 saturated heterocycles. The second-order valence-corrected chi connectivity index (χ2v) is 12.5. The molecule has 244 valence electrons. The van der Waals surface area contributed by atoms with Crippen LogP contribution in [-0.2, 0) is 16.1 Å². The summed E-state index contributed by atoms with van der Waals surface area (Å²) in [5, 5.41) is 13.1. The van der Waals surface area contributed by atoms with Crippen molar-refractivity contribution in [3.05, 3.63) is 53.9 Å². The molecule has 0 bridgehead atoms. The molecule has 2 aromatic rings. The number of hydrogen-bond donors (Lipinski definition) is 2. The molecule has 1 aliphatic rings. The Morgan fingerprint density at radius 1 is 1.16 bits per heavy atom. The van der Waals surface area contributed by atoms with Gasteiger partial charge in [0.05, 0.1) is 30.4 Å². The number of aliphatic hydroxyl groups excluding tert-OH is 1. The van der Waals surface area contributed by atoms with Crippen molar-refractivity contribution in [1.29, 1.82) is 0 Å². The molecular weight excluding hydrogens is 558 g/mol. The molecule has 44 heavy (non-hydrogen) atoms. The summed E-state index contributed by atoms with van der Waals surface area (Å²) in [5.74, 6) is 0.126. The predicted molar refractivity (Wildman–Crippen MR) is 174 cm³/mol. The quantitative estimate of drug-likeness (QED) is 0.388. The molecule has 0 radical (unpaired) electrons. The highest BCUT2D eigenvalue weighted by molar-refractivity contribution is 5.99. The number of aromatic nitrogens is 1. The molecule has 3 rings (SSSR count). The van der Waals surface area contributed by atoms with Gasteiger partial charge in [-0.3, -0.25) is 19.5 Å². The van der Waals surface area contributed by atoms with Crippen LogP contribution in [0.4, 0.5) is 5.69 Å². The van der Waals surface area contributed by atoms with Crippen LogP contribution in [0.5, 0.6) is 5.75 Å². The van der Waals surface area contributed by atoms with E-state index in [1.165, 1.54) is 5.56 Å². The van der Waals surface area contributed by atoms with Crippen molar-refractivity contribution < 1.29 is 24.2 Å². The number of carbonyl (C=O) groups excluding carboxylic acids is 2. The number of amides is 2. The van der Waals surface area contributed by atoms with Crippen LogP contribution in [0.3, 0.4) is 0 Å². The smallest absolute Gasteiger partial charge is 0.258 e. The Morgan fingerprint density at radius 2 is 1.91 bits per heavy atom. The van der Waals surface area contributed by atoms with Gasteiger partial charge in [0.25, 0.3) is 5.91 Å². The number of rotatable bonds is 11. The second kappa shape index (κ2) is 18.0. The van der Waals surface area contributed by atoms with Crippen molar-refractivity contribution in [3.8, 4) is 5.75 Å². The molecule has 1 aromatic heterocycles. The van der Waals surface area contributed by atoms with E-state index in [0.29, 0.717) is 43.1 Å². The lowest BCUT2D eigenvalue weighted by Gasteiger charge is -2.36. The first-order valence-electron chi connectivity index (χ1n) is 15.9. The van der Waals surface area contributed by atoms with Gasteiger partial charge in [0, 0.05) is 56.7 Å². The number of nitrogens with one attached hydrogen (secondary N) is 1.